The van der Waals surface area contributed by atoms with Gasteiger partial charge in [-0.1, -0.05) is 6.92 Å². The van der Waals surface area contributed by atoms with E-state index in [4.69, 9.17) is 0 Å². The zero-order chi connectivity index (χ0) is 12.2. The van der Waals surface area contributed by atoms with Gasteiger partial charge in [-0.15, -0.1) is 0 Å². The Kier molecular flexibility index (Phi) is 5.05. The first-order valence-corrected chi connectivity index (χ1v) is 5.96. The van der Waals surface area contributed by atoms with E-state index in [0.717, 1.165) is 13.1 Å². The summed E-state index contributed by atoms with van der Waals surface area (Å²) in [6, 6.07) is 0.261. The van der Waals surface area contributed by atoms with Crippen LogP contribution in [0.15, 0.2) is 0 Å². The maximum atomic E-state index is 12.6. The van der Waals surface area contributed by atoms with Gasteiger partial charge in [0.1, 0.15) is 0 Å². The molecule has 0 radical (unpaired) electrons. The van der Waals surface area contributed by atoms with Crippen LogP contribution in [0.3, 0.4) is 0 Å². The Morgan fingerprint density at radius 1 is 1.44 bits per heavy atom. The molecule has 1 saturated heterocycles. The van der Waals surface area contributed by atoms with E-state index >= 15 is 0 Å². The predicted molar refractivity (Wildman–Crippen MR) is 58.4 cm³/mol. The number of likely N-dealkylation sites (tertiary alicyclic amines) is 1. The van der Waals surface area contributed by atoms with Gasteiger partial charge in [0.2, 0.25) is 0 Å². The van der Waals surface area contributed by atoms with Crippen molar-refractivity contribution in [3.05, 3.63) is 0 Å². The number of halogens is 3. The molecule has 0 spiro atoms. The van der Waals surface area contributed by atoms with Crippen LogP contribution < -0.4 is 5.32 Å². The largest absolute Gasteiger partial charge is 0.393 e. The molecule has 2 unspecified atom stereocenters. The smallest absolute Gasteiger partial charge is 0.313 e. The average molecular weight is 238 g/mol. The van der Waals surface area contributed by atoms with Crippen molar-refractivity contribution in [1.82, 2.24) is 10.2 Å². The van der Waals surface area contributed by atoms with Gasteiger partial charge in [0.05, 0.1) is 5.92 Å². The highest BCUT2D eigenvalue weighted by Gasteiger charge is 2.41. The SMILES string of the molecule is CCNC(C)CN1CCCC(C(F)(F)F)C1. The van der Waals surface area contributed by atoms with Crippen molar-refractivity contribution in [3.63, 3.8) is 0 Å². The molecule has 5 heteroatoms. The van der Waals surface area contributed by atoms with Crippen molar-refractivity contribution in [1.29, 1.82) is 0 Å². The van der Waals surface area contributed by atoms with Gasteiger partial charge in [-0.2, -0.15) is 13.2 Å². The number of nitrogens with one attached hydrogen (secondary N) is 1. The van der Waals surface area contributed by atoms with E-state index in [1.165, 1.54) is 0 Å². The fourth-order valence-electron chi connectivity index (χ4n) is 2.29. The molecule has 1 aliphatic heterocycles. The van der Waals surface area contributed by atoms with Gasteiger partial charge in [0, 0.05) is 19.1 Å². The second kappa shape index (κ2) is 5.87. The van der Waals surface area contributed by atoms with Gasteiger partial charge < -0.3 is 10.2 Å². The summed E-state index contributed by atoms with van der Waals surface area (Å²) in [6.07, 6.45) is -3.08. The lowest BCUT2D eigenvalue weighted by molar-refractivity contribution is -0.186. The zero-order valence-electron chi connectivity index (χ0n) is 9.98. The number of hydrogen-bond donors (Lipinski definition) is 1. The van der Waals surface area contributed by atoms with E-state index in [1.54, 1.807) is 0 Å². The summed E-state index contributed by atoms with van der Waals surface area (Å²) < 4.78 is 37.7. The molecule has 96 valence electrons. The van der Waals surface area contributed by atoms with Gasteiger partial charge in [-0.05, 0) is 32.9 Å². The third-order valence-corrected chi connectivity index (χ3v) is 3.05. The molecule has 0 amide bonds. The standard InChI is InChI=1S/C11H21F3N2/c1-3-15-9(2)7-16-6-4-5-10(8-16)11(12,13)14/h9-10,15H,3-8H2,1-2H3. The Morgan fingerprint density at radius 2 is 2.12 bits per heavy atom. The lowest BCUT2D eigenvalue weighted by atomic mass is 9.97. The van der Waals surface area contributed by atoms with E-state index in [1.807, 2.05) is 18.7 Å². The van der Waals surface area contributed by atoms with Crippen LogP contribution in [0.25, 0.3) is 0 Å². The molecule has 1 fully saturated rings. The number of hydrogen-bond acceptors (Lipinski definition) is 2. The molecule has 0 aromatic rings. The van der Waals surface area contributed by atoms with E-state index in [2.05, 4.69) is 5.32 Å². The Labute approximate surface area is 95.2 Å². The molecule has 1 rings (SSSR count). The molecule has 0 aromatic carbocycles. The highest BCUT2D eigenvalue weighted by atomic mass is 19.4. The first-order valence-electron chi connectivity index (χ1n) is 5.96. The van der Waals surface area contributed by atoms with Gasteiger partial charge >= 0.3 is 6.18 Å². The summed E-state index contributed by atoms with van der Waals surface area (Å²) >= 11 is 0. The summed E-state index contributed by atoms with van der Waals surface area (Å²) in [4.78, 5) is 1.93. The van der Waals surface area contributed by atoms with Gasteiger partial charge in [0.25, 0.3) is 0 Å². The molecule has 16 heavy (non-hydrogen) atoms. The third kappa shape index (κ3) is 4.29. The Balaban J connectivity index is 2.39. The van der Waals surface area contributed by atoms with Crippen LogP contribution in [0.1, 0.15) is 26.7 Å². The van der Waals surface area contributed by atoms with Gasteiger partial charge in [-0.25, -0.2) is 0 Å². The number of likely N-dealkylation sites (N-methyl/N-ethyl adjacent to an activating group) is 1. The van der Waals surface area contributed by atoms with Crippen LogP contribution in [0.4, 0.5) is 13.2 Å². The van der Waals surface area contributed by atoms with E-state index in [9.17, 15) is 13.2 Å². The molecular formula is C11H21F3N2. The van der Waals surface area contributed by atoms with Crippen LogP contribution >= 0.6 is 0 Å². The second-order valence-corrected chi connectivity index (χ2v) is 4.60. The Bertz CT molecular complexity index is 206. The summed E-state index contributed by atoms with van der Waals surface area (Å²) in [5.74, 6) is -1.13. The summed E-state index contributed by atoms with van der Waals surface area (Å²) in [5.41, 5.74) is 0. The number of piperidine rings is 1. The van der Waals surface area contributed by atoms with Crippen molar-refractivity contribution in [2.75, 3.05) is 26.2 Å². The minimum absolute atomic E-state index is 0.166. The zero-order valence-corrected chi connectivity index (χ0v) is 9.98. The monoisotopic (exact) mass is 238 g/mol. The van der Waals surface area contributed by atoms with E-state index in [-0.39, 0.29) is 19.0 Å². The van der Waals surface area contributed by atoms with Crippen molar-refractivity contribution in [2.45, 2.75) is 38.9 Å². The van der Waals surface area contributed by atoms with Crippen molar-refractivity contribution >= 4 is 0 Å². The second-order valence-electron chi connectivity index (χ2n) is 4.60. The molecule has 0 bridgehead atoms. The van der Waals surface area contributed by atoms with Gasteiger partial charge in [-0.3, -0.25) is 0 Å². The van der Waals surface area contributed by atoms with E-state index < -0.39 is 12.1 Å². The summed E-state index contributed by atoms with van der Waals surface area (Å²) in [6.45, 7) is 6.55. The minimum atomic E-state index is -4.03. The molecule has 2 atom stereocenters. The van der Waals surface area contributed by atoms with Crippen LogP contribution in [0.5, 0.6) is 0 Å². The predicted octanol–water partition coefficient (Wildman–Crippen LogP) is 2.26. The van der Waals surface area contributed by atoms with Crippen LogP contribution in [0.2, 0.25) is 0 Å². The topological polar surface area (TPSA) is 15.3 Å². The fraction of sp³-hybridized carbons (Fsp3) is 1.00. The van der Waals surface area contributed by atoms with Crippen LogP contribution in [-0.2, 0) is 0 Å². The Hall–Kier alpha value is -0.290. The molecule has 1 aliphatic rings. The van der Waals surface area contributed by atoms with Crippen molar-refractivity contribution in [2.24, 2.45) is 5.92 Å². The quantitative estimate of drug-likeness (QED) is 0.808. The van der Waals surface area contributed by atoms with E-state index in [0.29, 0.717) is 13.0 Å². The molecule has 1 N–H and O–H groups in total. The number of alkyl halides is 3. The molecular weight excluding hydrogens is 217 g/mol. The molecule has 1 heterocycles. The minimum Gasteiger partial charge on any atom is -0.313 e. The lowest BCUT2D eigenvalue weighted by Gasteiger charge is -2.35. The normalized spacial score (nSPS) is 25.7. The average Bonchev–Trinajstić information content (AvgIpc) is 2.17. The fourth-order valence-corrected chi connectivity index (χ4v) is 2.29. The van der Waals surface area contributed by atoms with Crippen LogP contribution in [0, 0.1) is 5.92 Å². The maximum absolute atomic E-state index is 12.6. The molecule has 0 aromatic heterocycles. The Morgan fingerprint density at radius 3 is 2.69 bits per heavy atom. The first-order chi connectivity index (χ1) is 7.43. The summed E-state index contributed by atoms with van der Waals surface area (Å²) in [5, 5.41) is 3.22. The maximum Gasteiger partial charge on any atom is 0.393 e. The molecule has 0 aliphatic carbocycles. The highest BCUT2D eigenvalue weighted by Crippen LogP contribution is 2.32. The highest BCUT2D eigenvalue weighted by molar-refractivity contribution is 4.79. The number of nitrogens with zero attached hydrogens (tertiary/aromatic N) is 1. The van der Waals surface area contributed by atoms with Crippen molar-refractivity contribution < 1.29 is 13.2 Å². The number of rotatable bonds is 4. The third-order valence-electron chi connectivity index (χ3n) is 3.05. The molecule has 2 nitrogen and oxygen atoms in total. The van der Waals surface area contributed by atoms with Crippen molar-refractivity contribution in [3.8, 4) is 0 Å². The first kappa shape index (κ1) is 13.8. The van der Waals surface area contributed by atoms with Crippen LogP contribution in [-0.4, -0.2) is 43.3 Å². The van der Waals surface area contributed by atoms with Gasteiger partial charge in [0.15, 0.2) is 0 Å². The summed E-state index contributed by atoms with van der Waals surface area (Å²) in [7, 11) is 0. The lowest BCUT2D eigenvalue weighted by Crippen LogP contribution is -2.46. The molecule has 0 saturated carbocycles.